The zero-order valence-corrected chi connectivity index (χ0v) is 16.1. The van der Waals surface area contributed by atoms with Gasteiger partial charge in [0.2, 0.25) is 0 Å². The van der Waals surface area contributed by atoms with Crippen molar-refractivity contribution in [1.29, 1.82) is 0 Å². The second kappa shape index (κ2) is 7.78. The quantitative estimate of drug-likeness (QED) is 0.549. The number of amides is 1. The molecule has 4 rings (SSSR count). The third kappa shape index (κ3) is 3.71. The molecule has 0 bridgehead atoms. The number of nitrogens with one attached hydrogen (secondary N) is 2. The monoisotopic (exact) mass is 393 g/mol. The summed E-state index contributed by atoms with van der Waals surface area (Å²) in [4.78, 5) is 29.1. The van der Waals surface area contributed by atoms with Crippen LogP contribution in [0, 0.1) is 5.92 Å². The third-order valence-corrected chi connectivity index (χ3v) is 5.21. The van der Waals surface area contributed by atoms with Crippen LogP contribution in [0.4, 0.5) is 22.9 Å². The second-order valence-corrected chi connectivity index (χ2v) is 7.07. The number of benzene rings is 1. The molecule has 0 radical (unpaired) electrons. The van der Waals surface area contributed by atoms with Crippen LogP contribution in [-0.2, 0) is 4.79 Å². The zero-order valence-electron chi connectivity index (χ0n) is 16.1. The Balaban J connectivity index is 1.61. The summed E-state index contributed by atoms with van der Waals surface area (Å²) < 4.78 is 1.44. The molecule has 150 valence electrons. The number of hydrogen-bond acceptors (Lipinski definition) is 7. The van der Waals surface area contributed by atoms with Gasteiger partial charge in [0.25, 0.3) is 5.91 Å². The smallest absolute Gasteiger partial charge is 0.269 e. The molecule has 1 aliphatic rings. The van der Waals surface area contributed by atoms with Gasteiger partial charge in [0, 0.05) is 43.5 Å². The number of primary amides is 1. The lowest BCUT2D eigenvalue weighted by molar-refractivity contribution is -0.111. The molecule has 0 atom stereocenters. The van der Waals surface area contributed by atoms with Crippen molar-refractivity contribution in [2.75, 3.05) is 35.7 Å². The summed E-state index contributed by atoms with van der Waals surface area (Å²) in [5.74, 6) is 0.127. The van der Waals surface area contributed by atoms with Gasteiger partial charge in [-0.05, 0) is 31.0 Å². The highest BCUT2D eigenvalue weighted by atomic mass is 16.1. The van der Waals surface area contributed by atoms with Gasteiger partial charge in [-0.3, -0.25) is 4.79 Å². The van der Waals surface area contributed by atoms with Gasteiger partial charge in [0.1, 0.15) is 12.0 Å². The van der Waals surface area contributed by atoms with E-state index in [1.807, 2.05) is 18.2 Å². The van der Waals surface area contributed by atoms with E-state index in [1.54, 1.807) is 7.05 Å². The number of piperidine rings is 1. The summed E-state index contributed by atoms with van der Waals surface area (Å²) in [6, 6.07) is 9.87. The third-order valence-electron chi connectivity index (χ3n) is 5.21. The molecule has 29 heavy (non-hydrogen) atoms. The maximum atomic E-state index is 11.7. The van der Waals surface area contributed by atoms with Crippen LogP contribution >= 0.6 is 0 Å². The average Bonchev–Trinajstić information content (AvgIpc) is 3.18. The van der Waals surface area contributed by atoms with Crippen LogP contribution in [0.25, 0.3) is 5.65 Å². The molecule has 3 aromatic rings. The van der Waals surface area contributed by atoms with Crippen molar-refractivity contribution in [3.63, 3.8) is 0 Å². The van der Waals surface area contributed by atoms with Crippen molar-refractivity contribution in [3.05, 3.63) is 42.2 Å². The summed E-state index contributed by atoms with van der Waals surface area (Å²) in [7, 11) is 1.78. The van der Waals surface area contributed by atoms with Crippen LogP contribution in [0.3, 0.4) is 0 Å². The molecule has 1 aliphatic heterocycles. The molecule has 3 heterocycles. The molecular formula is C20H23N7O2. The zero-order chi connectivity index (χ0) is 20.4. The number of hydrogen-bond donors (Lipinski definition) is 3. The highest BCUT2D eigenvalue weighted by molar-refractivity contribution is 5.92. The van der Waals surface area contributed by atoms with Crippen molar-refractivity contribution in [2.45, 2.75) is 12.8 Å². The highest BCUT2D eigenvalue weighted by Crippen LogP contribution is 2.27. The summed E-state index contributed by atoms with van der Waals surface area (Å²) in [6.45, 7) is 1.72. The summed E-state index contributed by atoms with van der Waals surface area (Å²) in [5.41, 5.74) is 8.86. The lowest BCUT2D eigenvalue weighted by atomic mass is 9.98. The highest BCUT2D eigenvalue weighted by Gasteiger charge is 2.19. The van der Waals surface area contributed by atoms with E-state index in [4.69, 9.17) is 5.73 Å². The molecule has 2 aromatic heterocycles. The Morgan fingerprint density at radius 3 is 2.76 bits per heavy atom. The molecule has 1 fully saturated rings. The number of fused-ring (bicyclic) bond motifs is 1. The molecule has 0 spiro atoms. The number of imidazole rings is 1. The number of aldehydes is 1. The Morgan fingerprint density at radius 1 is 1.28 bits per heavy atom. The minimum atomic E-state index is -0.593. The van der Waals surface area contributed by atoms with Gasteiger partial charge in [-0.2, -0.15) is 0 Å². The first-order valence-electron chi connectivity index (χ1n) is 9.52. The molecule has 1 aromatic carbocycles. The van der Waals surface area contributed by atoms with E-state index in [0.717, 1.165) is 49.3 Å². The number of carbonyl (C=O) groups excluding carboxylic acids is 2. The fourth-order valence-electron chi connectivity index (χ4n) is 3.60. The van der Waals surface area contributed by atoms with E-state index in [1.165, 1.54) is 10.7 Å². The Labute approximate surface area is 167 Å². The van der Waals surface area contributed by atoms with Crippen LogP contribution in [0.5, 0.6) is 0 Å². The average molecular weight is 393 g/mol. The summed E-state index contributed by atoms with van der Waals surface area (Å²) in [6.07, 6.45) is 4.23. The predicted molar refractivity (Wildman–Crippen MR) is 112 cm³/mol. The van der Waals surface area contributed by atoms with Crippen molar-refractivity contribution in [3.8, 4) is 0 Å². The topological polar surface area (TPSA) is 118 Å². The van der Waals surface area contributed by atoms with Gasteiger partial charge < -0.3 is 26.1 Å². The molecule has 0 aliphatic carbocycles. The van der Waals surface area contributed by atoms with Crippen LogP contribution in [0.1, 0.15) is 23.3 Å². The Hall–Kier alpha value is -3.62. The van der Waals surface area contributed by atoms with Gasteiger partial charge >= 0.3 is 0 Å². The largest absolute Gasteiger partial charge is 0.385 e. The molecule has 0 saturated carbocycles. The molecule has 9 heteroatoms. The molecular weight excluding hydrogens is 370 g/mol. The Morgan fingerprint density at radius 2 is 2.07 bits per heavy atom. The van der Waals surface area contributed by atoms with Crippen molar-refractivity contribution in [2.24, 2.45) is 11.7 Å². The molecule has 1 amide bonds. The minimum absolute atomic E-state index is 0.165. The second-order valence-electron chi connectivity index (χ2n) is 7.07. The van der Waals surface area contributed by atoms with Gasteiger partial charge in [-0.15, -0.1) is 5.10 Å². The Kier molecular flexibility index (Phi) is 5.03. The molecule has 9 nitrogen and oxygen atoms in total. The lowest BCUT2D eigenvalue weighted by Crippen LogP contribution is -2.34. The number of aromatic nitrogens is 3. The van der Waals surface area contributed by atoms with Crippen LogP contribution in [0.15, 0.2) is 36.5 Å². The molecule has 4 N–H and O–H groups in total. The SMILES string of the molecule is CNc1cc(Nc2cccc(N3CCC(C=O)CC3)c2)nn2c(C(N)=O)cnc12. The first-order valence-corrected chi connectivity index (χ1v) is 9.52. The van der Waals surface area contributed by atoms with E-state index in [-0.39, 0.29) is 11.6 Å². The van der Waals surface area contributed by atoms with Gasteiger partial charge in [-0.25, -0.2) is 9.50 Å². The first-order chi connectivity index (χ1) is 14.1. The van der Waals surface area contributed by atoms with Crippen LogP contribution < -0.4 is 21.3 Å². The van der Waals surface area contributed by atoms with E-state index < -0.39 is 5.91 Å². The molecule has 1 saturated heterocycles. The number of anilines is 4. The van der Waals surface area contributed by atoms with E-state index in [0.29, 0.717) is 11.5 Å². The van der Waals surface area contributed by atoms with Crippen molar-refractivity contribution >= 4 is 40.7 Å². The first kappa shape index (κ1) is 18.7. The van der Waals surface area contributed by atoms with Crippen LogP contribution in [0.2, 0.25) is 0 Å². The predicted octanol–water partition coefficient (Wildman–Crippen LogP) is 2.03. The number of nitrogens with two attached hydrogens (primary N) is 1. The van der Waals surface area contributed by atoms with Gasteiger partial charge in [0.15, 0.2) is 11.5 Å². The molecule has 0 unspecified atom stereocenters. The number of rotatable bonds is 6. The summed E-state index contributed by atoms with van der Waals surface area (Å²) in [5, 5.41) is 10.8. The number of carbonyl (C=O) groups is 2. The fraction of sp³-hybridized carbons (Fsp3) is 0.300. The van der Waals surface area contributed by atoms with Crippen molar-refractivity contribution < 1.29 is 9.59 Å². The maximum absolute atomic E-state index is 11.7. The van der Waals surface area contributed by atoms with Crippen LogP contribution in [-0.4, -0.2) is 46.9 Å². The van der Waals surface area contributed by atoms with E-state index in [2.05, 4.69) is 37.7 Å². The minimum Gasteiger partial charge on any atom is -0.385 e. The standard InChI is InChI=1S/C20H23N7O2/c1-22-16-10-18(25-27-17(19(21)29)11-23-20(16)27)24-14-3-2-4-15(9-14)26-7-5-13(12-28)6-8-26/h2-4,9-13,22H,5-8H2,1H3,(H2,21,29)(H,24,25). The lowest BCUT2D eigenvalue weighted by Gasteiger charge is -2.31. The van der Waals surface area contributed by atoms with Crippen molar-refractivity contribution in [1.82, 2.24) is 14.6 Å². The van der Waals surface area contributed by atoms with E-state index in [9.17, 15) is 9.59 Å². The van der Waals surface area contributed by atoms with Gasteiger partial charge in [0.05, 0.1) is 11.9 Å². The normalized spacial score (nSPS) is 14.7. The fourth-order valence-corrected chi connectivity index (χ4v) is 3.60. The summed E-state index contributed by atoms with van der Waals surface area (Å²) >= 11 is 0. The Bertz CT molecular complexity index is 1050. The van der Waals surface area contributed by atoms with Gasteiger partial charge in [-0.1, -0.05) is 6.07 Å². The van der Waals surface area contributed by atoms with E-state index >= 15 is 0 Å². The maximum Gasteiger partial charge on any atom is 0.269 e. The number of nitrogens with zero attached hydrogens (tertiary/aromatic N) is 4.